The second-order valence-electron chi connectivity index (χ2n) is 5.52. The number of ether oxygens (including phenoxy) is 1. The van der Waals surface area contributed by atoms with E-state index in [1.54, 1.807) is 6.08 Å². The third-order valence-corrected chi connectivity index (χ3v) is 4.25. The molecular formula is C15H16ClNO2. The van der Waals surface area contributed by atoms with Gasteiger partial charge >= 0.3 is 0 Å². The molecular weight excluding hydrogens is 262 g/mol. The molecule has 0 spiro atoms. The Morgan fingerprint density at radius 3 is 2.74 bits per heavy atom. The Morgan fingerprint density at radius 1 is 1.37 bits per heavy atom. The summed E-state index contributed by atoms with van der Waals surface area (Å²) in [6, 6.07) is 5.67. The van der Waals surface area contributed by atoms with Gasteiger partial charge in [-0.1, -0.05) is 11.6 Å². The minimum absolute atomic E-state index is 0.412. The first kappa shape index (κ1) is 12.7. The minimum atomic E-state index is -0.412. The summed E-state index contributed by atoms with van der Waals surface area (Å²) in [4.78, 5) is 14.6. The molecule has 0 saturated heterocycles. The molecule has 2 aliphatic carbocycles. The maximum absolute atomic E-state index is 10.6. The zero-order chi connectivity index (χ0) is 13.3. The van der Waals surface area contributed by atoms with E-state index in [0.29, 0.717) is 10.9 Å². The molecule has 0 bridgehead atoms. The average molecular weight is 278 g/mol. The Morgan fingerprint density at radius 2 is 2.16 bits per heavy atom. The van der Waals surface area contributed by atoms with Crippen LogP contribution < -0.4 is 4.74 Å². The predicted octanol–water partition coefficient (Wildman–Crippen LogP) is 3.84. The third-order valence-electron chi connectivity index (χ3n) is 4.03. The number of benzene rings is 1. The van der Waals surface area contributed by atoms with Gasteiger partial charge in [0.25, 0.3) is 0 Å². The van der Waals surface area contributed by atoms with Crippen molar-refractivity contribution < 1.29 is 9.53 Å². The quantitative estimate of drug-likeness (QED) is 0.606. The van der Waals surface area contributed by atoms with Crippen LogP contribution in [-0.4, -0.2) is 12.7 Å². The highest BCUT2D eigenvalue weighted by atomic mass is 35.5. The zero-order valence-corrected chi connectivity index (χ0v) is 11.4. The molecule has 0 heterocycles. The second kappa shape index (κ2) is 4.99. The maximum atomic E-state index is 10.6. The van der Waals surface area contributed by atoms with Crippen LogP contribution in [0, 0.1) is 5.92 Å². The predicted molar refractivity (Wildman–Crippen MR) is 73.3 cm³/mol. The highest BCUT2D eigenvalue weighted by molar-refractivity contribution is 6.30. The van der Waals surface area contributed by atoms with Gasteiger partial charge in [0.15, 0.2) is 0 Å². The number of aliphatic imine (C=N–C) groups is 1. The molecule has 0 atom stereocenters. The van der Waals surface area contributed by atoms with Crippen LogP contribution in [0.5, 0.6) is 5.75 Å². The van der Waals surface area contributed by atoms with Gasteiger partial charge in [0.2, 0.25) is 6.08 Å². The normalized spacial score (nSPS) is 20.3. The van der Waals surface area contributed by atoms with Gasteiger partial charge in [-0.15, -0.1) is 0 Å². The summed E-state index contributed by atoms with van der Waals surface area (Å²) >= 11 is 6.15. The van der Waals surface area contributed by atoms with Crippen molar-refractivity contribution in [2.24, 2.45) is 10.9 Å². The summed E-state index contributed by atoms with van der Waals surface area (Å²) in [6.07, 6.45) is 7.05. The van der Waals surface area contributed by atoms with E-state index < -0.39 is 5.54 Å². The fourth-order valence-corrected chi connectivity index (χ4v) is 2.70. The third kappa shape index (κ3) is 2.68. The van der Waals surface area contributed by atoms with Crippen molar-refractivity contribution in [1.82, 2.24) is 0 Å². The van der Waals surface area contributed by atoms with E-state index in [1.165, 1.54) is 12.8 Å². The van der Waals surface area contributed by atoms with Gasteiger partial charge in [-0.25, -0.2) is 4.79 Å². The average Bonchev–Trinajstić information content (AvgIpc) is 3.14. The van der Waals surface area contributed by atoms with E-state index in [4.69, 9.17) is 16.3 Å². The Bertz CT molecular complexity index is 529. The topological polar surface area (TPSA) is 38.7 Å². The van der Waals surface area contributed by atoms with Gasteiger partial charge in [-0.05, 0) is 61.8 Å². The molecule has 0 radical (unpaired) electrons. The number of isocyanates is 1. The van der Waals surface area contributed by atoms with Crippen molar-refractivity contribution >= 4 is 17.7 Å². The van der Waals surface area contributed by atoms with Crippen LogP contribution in [0.3, 0.4) is 0 Å². The lowest BCUT2D eigenvalue weighted by Crippen LogP contribution is -2.31. The summed E-state index contributed by atoms with van der Waals surface area (Å²) in [5.74, 6) is 1.48. The van der Waals surface area contributed by atoms with Gasteiger partial charge < -0.3 is 4.74 Å². The van der Waals surface area contributed by atoms with Gasteiger partial charge in [-0.2, -0.15) is 4.99 Å². The van der Waals surface area contributed by atoms with Crippen LogP contribution in [-0.2, 0) is 10.3 Å². The van der Waals surface area contributed by atoms with Crippen molar-refractivity contribution in [3.63, 3.8) is 0 Å². The van der Waals surface area contributed by atoms with Gasteiger partial charge in [-0.3, -0.25) is 0 Å². The van der Waals surface area contributed by atoms with Crippen molar-refractivity contribution in [2.75, 3.05) is 6.61 Å². The first-order valence-electron chi connectivity index (χ1n) is 6.75. The van der Waals surface area contributed by atoms with Crippen LogP contribution in [0.15, 0.2) is 23.2 Å². The summed E-state index contributed by atoms with van der Waals surface area (Å²) in [5, 5.41) is 0.635. The Kier molecular flexibility index (Phi) is 3.34. The first-order valence-corrected chi connectivity index (χ1v) is 7.12. The number of nitrogens with zero attached hydrogens (tertiary/aromatic N) is 1. The first-order chi connectivity index (χ1) is 9.22. The van der Waals surface area contributed by atoms with Crippen molar-refractivity contribution in [3.05, 3.63) is 28.8 Å². The van der Waals surface area contributed by atoms with Crippen LogP contribution in [0.2, 0.25) is 5.02 Å². The summed E-state index contributed by atoms with van der Waals surface area (Å²) in [5.41, 5.74) is 0.560. The lowest BCUT2D eigenvalue weighted by Gasteiger charge is -2.37. The minimum Gasteiger partial charge on any atom is -0.493 e. The maximum Gasteiger partial charge on any atom is 0.235 e. The van der Waals surface area contributed by atoms with E-state index in [0.717, 1.165) is 37.2 Å². The van der Waals surface area contributed by atoms with E-state index in [9.17, 15) is 4.79 Å². The number of hydrogen-bond acceptors (Lipinski definition) is 3. The number of halogens is 1. The molecule has 2 aliphatic rings. The number of carbonyl (C=O) groups excluding carboxylic acids is 1. The molecule has 2 saturated carbocycles. The number of rotatable bonds is 5. The van der Waals surface area contributed by atoms with E-state index in [2.05, 4.69) is 4.99 Å². The molecule has 0 amide bonds. The van der Waals surface area contributed by atoms with E-state index in [-0.39, 0.29) is 0 Å². The van der Waals surface area contributed by atoms with E-state index in [1.807, 2.05) is 18.2 Å². The Balaban J connectivity index is 1.85. The summed E-state index contributed by atoms with van der Waals surface area (Å²) in [6.45, 7) is 0.754. The fourth-order valence-electron chi connectivity index (χ4n) is 2.48. The highest BCUT2D eigenvalue weighted by Gasteiger charge is 2.39. The molecule has 0 aromatic heterocycles. The molecule has 0 N–H and O–H groups in total. The molecule has 0 unspecified atom stereocenters. The molecule has 2 fully saturated rings. The van der Waals surface area contributed by atoms with E-state index >= 15 is 0 Å². The number of hydrogen-bond donors (Lipinski definition) is 0. The molecule has 0 aliphatic heterocycles. The molecule has 100 valence electrons. The lowest BCUT2D eigenvalue weighted by molar-refractivity contribution is 0.253. The molecule has 3 nitrogen and oxygen atoms in total. The molecule has 1 aromatic rings. The van der Waals surface area contributed by atoms with Crippen molar-refractivity contribution in [3.8, 4) is 5.75 Å². The largest absolute Gasteiger partial charge is 0.493 e. The molecule has 19 heavy (non-hydrogen) atoms. The van der Waals surface area contributed by atoms with Crippen LogP contribution >= 0.6 is 11.6 Å². The van der Waals surface area contributed by atoms with Crippen molar-refractivity contribution in [1.29, 1.82) is 0 Å². The summed E-state index contributed by atoms with van der Waals surface area (Å²) in [7, 11) is 0. The zero-order valence-electron chi connectivity index (χ0n) is 10.7. The second-order valence-corrected chi connectivity index (χ2v) is 5.95. The molecule has 1 aromatic carbocycles. The summed E-state index contributed by atoms with van der Waals surface area (Å²) < 4.78 is 5.77. The van der Waals surface area contributed by atoms with Crippen LogP contribution in [0.25, 0.3) is 0 Å². The lowest BCUT2D eigenvalue weighted by atomic mass is 9.72. The Labute approximate surface area is 117 Å². The SMILES string of the molecule is O=C=NC1(c2cc(Cl)cc(OCC3CC3)c2)CCC1. The standard InChI is InChI=1S/C15H16ClNO2/c16-13-6-12(15(17-10-18)4-1-5-15)7-14(8-13)19-9-11-2-3-11/h6-8,11H,1-5,9H2. The molecule has 3 rings (SSSR count). The smallest absolute Gasteiger partial charge is 0.235 e. The molecule has 4 heteroatoms. The Hall–Kier alpha value is -1.31. The fraction of sp³-hybridized carbons (Fsp3) is 0.533. The highest BCUT2D eigenvalue weighted by Crippen LogP contribution is 2.46. The van der Waals surface area contributed by atoms with Crippen LogP contribution in [0.4, 0.5) is 0 Å². The monoisotopic (exact) mass is 277 g/mol. The van der Waals surface area contributed by atoms with Gasteiger partial charge in [0.1, 0.15) is 5.75 Å². The van der Waals surface area contributed by atoms with Crippen molar-refractivity contribution in [2.45, 2.75) is 37.6 Å². The van der Waals surface area contributed by atoms with Crippen LogP contribution in [0.1, 0.15) is 37.7 Å². The van der Waals surface area contributed by atoms with Gasteiger partial charge in [0, 0.05) is 5.02 Å². The van der Waals surface area contributed by atoms with Gasteiger partial charge in [0.05, 0.1) is 12.1 Å².